The average Bonchev–Trinajstić information content (AvgIpc) is 2.92. The number of hydrogen-bond acceptors (Lipinski definition) is 3. The van der Waals surface area contributed by atoms with E-state index in [1.54, 1.807) is 0 Å². The monoisotopic (exact) mass is 247 g/mol. The standard InChI is InChI=1S/C15H21NO2/c1-2-18-13-8-5-12(6-9-13)7-10-15(17)14-4-3-11-16-14/h5-6,8-9,14,16H,2-4,7,10-11H2,1H3. The second-order valence-electron chi connectivity index (χ2n) is 4.69. The van der Waals surface area contributed by atoms with E-state index in [1.165, 1.54) is 5.56 Å². The highest BCUT2D eigenvalue weighted by atomic mass is 16.5. The molecule has 1 aliphatic heterocycles. The maximum atomic E-state index is 11.9. The van der Waals surface area contributed by atoms with E-state index < -0.39 is 0 Å². The topological polar surface area (TPSA) is 38.3 Å². The molecule has 0 saturated carbocycles. The molecule has 2 rings (SSSR count). The summed E-state index contributed by atoms with van der Waals surface area (Å²) >= 11 is 0. The summed E-state index contributed by atoms with van der Waals surface area (Å²) in [7, 11) is 0. The van der Waals surface area contributed by atoms with Gasteiger partial charge in [0.15, 0.2) is 0 Å². The van der Waals surface area contributed by atoms with Gasteiger partial charge in [0.1, 0.15) is 11.5 Å². The number of carbonyl (C=O) groups is 1. The molecule has 0 bridgehead atoms. The molecular formula is C15H21NO2. The first-order valence-corrected chi connectivity index (χ1v) is 6.77. The van der Waals surface area contributed by atoms with Crippen LogP contribution in [-0.4, -0.2) is 25.0 Å². The van der Waals surface area contributed by atoms with Crippen molar-refractivity contribution in [3.63, 3.8) is 0 Å². The van der Waals surface area contributed by atoms with Gasteiger partial charge in [-0.05, 0) is 50.4 Å². The lowest BCUT2D eigenvalue weighted by atomic mass is 10.0. The van der Waals surface area contributed by atoms with Crippen molar-refractivity contribution in [2.75, 3.05) is 13.2 Å². The van der Waals surface area contributed by atoms with Crippen LogP contribution in [0.3, 0.4) is 0 Å². The molecule has 0 radical (unpaired) electrons. The van der Waals surface area contributed by atoms with Crippen LogP contribution in [0.5, 0.6) is 5.75 Å². The summed E-state index contributed by atoms with van der Waals surface area (Å²) < 4.78 is 5.39. The molecule has 98 valence electrons. The van der Waals surface area contributed by atoms with Gasteiger partial charge >= 0.3 is 0 Å². The van der Waals surface area contributed by atoms with Gasteiger partial charge in [0.05, 0.1) is 12.6 Å². The highest BCUT2D eigenvalue weighted by Gasteiger charge is 2.21. The maximum absolute atomic E-state index is 11.9. The third-order valence-corrected chi connectivity index (χ3v) is 3.34. The summed E-state index contributed by atoms with van der Waals surface area (Å²) in [5.41, 5.74) is 1.20. The number of benzene rings is 1. The molecule has 1 atom stereocenters. The molecule has 1 aromatic rings. The Hall–Kier alpha value is -1.35. The summed E-state index contributed by atoms with van der Waals surface area (Å²) in [6.07, 6.45) is 3.58. The summed E-state index contributed by atoms with van der Waals surface area (Å²) in [4.78, 5) is 11.9. The minimum Gasteiger partial charge on any atom is -0.494 e. The Labute approximate surface area is 109 Å². The zero-order valence-electron chi connectivity index (χ0n) is 10.9. The van der Waals surface area contributed by atoms with Crippen LogP contribution in [0.2, 0.25) is 0 Å². The van der Waals surface area contributed by atoms with E-state index in [9.17, 15) is 4.79 Å². The molecule has 18 heavy (non-hydrogen) atoms. The van der Waals surface area contributed by atoms with Gasteiger partial charge in [-0.25, -0.2) is 0 Å². The lowest BCUT2D eigenvalue weighted by Gasteiger charge is -2.09. The number of ether oxygens (including phenoxy) is 1. The first-order valence-electron chi connectivity index (χ1n) is 6.77. The van der Waals surface area contributed by atoms with E-state index in [1.807, 2.05) is 31.2 Å². The van der Waals surface area contributed by atoms with Gasteiger partial charge in [0.25, 0.3) is 0 Å². The summed E-state index contributed by atoms with van der Waals surface area (Å²) in [6.45, 7) is 3.64. The lowest BCUT2D eigenvalue weighted by Crippen LogP contribution is -2.30. The minimum absolute atomic E-state index is 0.104. The second kappa shape index (κ2) is 6.55. The third-order valence-electron chi connectivity index (χ3n) is 3.34. The smallest absolute Gasteiger partial charge is 0.150 e. The first-order chi connectivity index (χ1) is 8.79. The number of carbonyl (C=O) groups excluding carboxylic acids is 1. The van der Waals surface area contributed by atoms with Crippen molar-refractivity contribution in [1.29, 1.82) is 0 Å². The second-order valence-corrected chi connectivity index (χ2v) is 4.69. The highest BCUT2D eigenvalue weighted by molar-refractivity contribution is 5.84. The fourth-order valence-corrected chi connectivity index (χ4v) is 2.32. The van der Waals surface area contributed by atoms with E-state index in [-0.39, 0.29) is 6.04 Å². The van der Waals surface area contributed by atoms with E-state index in [4.69, 9.17) is 4.74 Å². The van der Waals surface area contributed by atoms with Crippen molar-refractivity contribution in [2.24, 2.45) is 0 Å². The molecule has 3 heteroatoms. The summed E-state index contributed by atoms with van der Waals surface area (Å²) in [5.74, 6) is 1.24. The van der Waals surface area contributed by atoms with E-state index in [0.29, 0.717) is 18.8 Å². The highest BCUT2D eigenvalue weighted by Crippen LogP contribution is 2.15. The average molecular weight is 247 g/mol. The number of aryl methyl sites for hydroxylation is 1. The van der Waals surface area contributed by atoms with Crippen molar-refractivity contribution in [1.82, 2.24) is 5.32 Å². The molecule has 0 amide bonds. The Balaban J connectivity index is 1.80. The van der Waals surface area contributed by atoms with Crippen molar-refractivity contribution < 1.29 is 9.53 Å². The van der Waals surface area contributed by atoms with E-state index in [0.717, 1.165) is 31.6 Å². The van der Waals surface area contributed by atoms with Crippen LogP contribution in [0.15, 0.2) is 24.3 Å². The van der Waals surface area contributed by atoms with E-state index in [2.05, 4.69) is 5.32 Å². The third kappa shape index (κ3) is 3.57. The molecule has 1 fully saturated rings. The van der Waals surface area contributed by atoms with Crippen LogP contribution in [-0.2, 0) is 11.2 Å². The van der Waals surface area contributed by atoms with Gasteiger partial charge in [-0.2, -0.15) is 0 Å². The van der Waals surface area contributed by atoms with Crippen molar-refractivity contribution in [3.8, 4) is 5.75 Å². The molecular weight excluding hydrogens is 226 g/mol. The Bertz CT molecular complexity index is 380. The fraction of sp³-hybridized carbons (Fsp3) is 0.533. The molecule has 1 aromatic carbocycles. The SMILES string of the molecule is CCOc1ccc(CCC(=O)C2CCCN2)cc1. The van der Waals surface area contributed by atoms with Crippen molar-refractivity contribution in [3.05, 3.63) is 29.8 Å². The van der Waals surface area contributed by atoms with Gasteiger partial charge in [0.2, 0.25) is 0 Å². The Morgan fingerprint density at radius 3 is 2.78 bits per heavy atom. The molecule has 1 unspecified atom stereocenters. The van der Waals surface area contributed by atoms with Crippen LogP contribution in [0.4, 0.5) is 0 Å². The molecule has 0 spiro atoms. The Morgan fingerprint density at radius 2 is 2.17 bits per heavy atom. The molecule has 1 heterocycles. The number of nitrogens with one attached hydrogen (secondary N) is 1. The van der Waals surface area contributed by atoms with Crippen LogP contribution >= 0.6 is 0 Å². The molecule has 1 aliphatic rings. The maximum Gasteiger partial charge on any atom is 0.150 e. The van der Waals surface area contributed by atoms with Gasteiger partial charge < -0.3 is 10.1 Å². The van der Waals surface area contributed by atoms with Gasteiger partial charge in [-0.1, -0.05) is 12.1 Å². The quantitative estimate of drug-likeness (QED) is 0.838. The predicted molar refractivity (Wildman–Crippen MR) is 72.0 cm³/mol. The zero-order valence-corrected chi connectivity index (χ0v) is 10.9. The van der Waals surface area contributed by atoms with Gasteiger partial charge in [0, 0.05) is 6.42 Å². The first kappa shape index (κ1) is 13.1. The summed E-state index contributed by atoms with van der Waals surface area (Å²) in [6, 6.07) is 8.13. The number of Topliss-reactive ketones (excluding diaryl/α,β-unsaturated/α-hetero) is 1. The van der Waals surface area contributed by atoms with Crippen molar-refractivity contribution in [2.45, 2.75) is 38.6 Å². The number of hydrogen-bond donors (Lipinski definition) is 1. The molecule has 0 aromatic heterocycles. The molecule has 1 N–H and O–H groups in total. The number of rotatable bonds is 6. The normalized spacial score (nSPS) is 18.8. The minimum atomic E-state index is 0.104. The van der Waals surface area contributed by atoms with Crippen LogP contribution in [0.25, 0.3) is 0 Å². The van der Waals surface area contributed by atoms with Gasteiger partial charge in [-0.15, -0.1) is 0 Å². The van der Waals surface area contributed by atoms with Crippen molar-refractivity contribution >= 4 is 5.78 Å². The summed E-state index contributed by atoms with van der Waals surface area (Å²) in [5, 5.41) is 3.25. The van der Waals surface area contributed by atoms with Gasteiger partial charge in [-0.3, -0.25) is 4.79 Å². The van der Waals surface area contributed by atoms with E-state index >= 15 is 0 Å². The lowest BCUT2D eigenvalue weighted by molar-refractivity contribution is -0.120. The number of ketones is 1. The largest absolute Gasteiger partial charge is 0.494 e. The molecule has 0 aliphatic carbocycles. The molecule has 1 saturated heterocycles. The zero-order chi connectivity index (χ0) is 12.8. The fourth-order valence-electron chi connectivity index (χ4n) is 2.32. The van der Waals surface area contributed by atoms with Crippen LogP contribution in [0, 0.1) is 0 Å². The van der Waals surface area contributed by atoms with Crippen LogP contribution in [0.1, 0.15) is 31.7 Å². The van der Waals surface area contributed by atoms with Crippen LogP contribution < -0.4 is 10.1 Å². The predicted octanol–water partition coefficient (Wildman–Crippen LogP) is 2.34. The molecule has 3 nitrogen and oxygen atoms in total. The Morgan fingerprint density at radius 1 is 1.39 bits per heavy atom. The Kier molecular flexibility index (Phi) is 4.76.